The van der Waals surface area contributed by atoms with Crippen LogP contribution in [0, 0.1) is 6.92 Å². The van der Waals surface area contributed by atoms with E-state index in [1.165, 1.54) is 0 Å². The molecule has 4 heteroatoms. The molecular formula is C16H12BrClO2. The van der Waals surface area contributed by atoms with Crippen molar-refractivity contribution < 1.29 is 9.52 Å². The topological polar surface area (TPSA) is 33.4 Å². The number of aryl methyl sites for hydroxylation is 1. The Morgan fingerprint density at radius 2 is 2.00 bits per heavy atom. The van der Waals surface area contributed by atoms with Crippen LogP contribution in [0.2, 0.25) is 5.02 Å². The van der Waals surface area contributed by atoms with Crippen molar-refractivity contribution in [2.45, 2.75) is 13.0 Å². The first kappa shape index (κ1) is 13.7. The van der Waals surface area contributed by atoms with Gasteiger partial charge in [-0.05, 0) is 30.7 Å². The molecule has 2 nitrogen and oxygen atoms in total. The molecule has 0 amide bonds. The molecule has 1 aromatic heterocycles. The minimum atomic E-state index is -0.873. The third-order valence-corrected chi connectivity index (χ3v) is 4.11. The molecule has 0 radical (unpaired) electrons. The molecule has 3 aromatic rings. The lowest BCUT2D eigenvalue weighted by Crippen LogP contribution is -1.98. The van der Waals surface area contributed by atoms with Gasteiger partial charge in [0.25, 0.3) is 0 Å². The summed E-state index contributed by atoms with van der Waals surface area (Å²) < 4.78 is 6.65. The predicted octanol–water partition coefficient (Wildman–Crippen LogP) is 5.24. The summed E-state index contributed by atoms with van der Waals surface area (Å²) in [5, 5.41) is 11.9. The zero-order chi connectivity index (χ0) is 14.3. The lowest BCUT2D eigenvalue weighted by Gasteiger charge is -2.10. The Balaban J connectivity index is 2.08. The maximum absolute atomic E-state index is 10.5. The van der Waals surface area contributed by atoms with Gasteiger partial charge in [-0.25, -0.2) is 0 Å². The molecule has 102 valence electrons. The van der Waals surface area contributed by atoms with E-state index in [1.54, 1.807) is 12.1 Å². The lowest BCUT2D eigenvalue weighted by atomic mass is 10.1. The van der Waals surface area contributed by atoms with Gasteiger partial charge >= 0.3 is 0 Å². The maximum atomic E-state index is 10.5. The molecule has 0 fully saturated rings. The lowest BCUT2D eigenvalue weighted by molar-refractivity contribution is 0.192. The van der Waals surface area contributed by atoms with Crippen molar-refractivity contribution in [1.29, 1.82) is 0 Å². The fourth-order valence-electron chi connectivity index (χ4n) is 2.24. The van der Waals surface area contributed by atoms with Crippen LogP contribution >= 0.6 is 27.5 Å². The number of hydrogen-bond donors (Lipinski definition) is 1. The van der Waals surface area contributed by atoms with Crippen LogP contribution < -0.4 is 0 Å². The van der Waals surface area contributed by atoms with Crippen LogP contribution in [0.4, 0.5) is 0 Å². The fourth-order valence-corrected chi connectivity index (χ4v) is 3.02. The molecule has 0 aliphatic heterocycles. The van der Waals surface area contributed by atoms with Crippen molar-refractivity contribution in [3.05, 3.63) is 68.8 Å². The Bertz CT molecular complexity index is 779. The van der Waals surface area contributed by atoms with E-state index < -0.39 is 6.10 Å². The first-order valence-corrected chi connectivity index (χ1v) is 7.35. The van der Waals surface area contributed by atoms with Gasteiger partial charge in [-0.1, -0.05) is 51.8 Å². The van der Waals surface area contributed by atoms with E-state index in [0.717, 1.165) is 21.0 Å². The van der Waals surface area contributed by atoms with Gasteiger partial charge in [0.05, 0.1) is 0 Å². The van der Waals surface area contributed by atoms with Crippen LogP contribution in [0.1, 0.15) is 23.0 Å². The Kier molecular flexibility index (Phi) is 3.59. The molecule has 0 aliphatic carbocycles. The molecule has 1 atom stereocenters. The molecule has 0 spiro atoms. The Morgan fingerprint density at radius 3 is 2.70 bits per heavy atom. The third kappa shape index (κ3) is 2.37. The Labute approximate surface area is 130 Å². The molecule has 1 heterocycles. The van der Waals surface area contributed by atoms with Gasteiger partial charge in [0, 0.05) is 20.4 Å². The predicted molar refractivity (Wildman–Crippen MR) is 84.2 cm³/mol. The Hall–Kier alpha value is -1.29. The van der Waals surface area contributed by atoms with E-state index in [0.29, 0.717) is 16.3 Å². The summed E-state index contributed by atoms with van der Waals surface area (Å²) in [5.41, 5.74) is 2.48. The quantitative estimate of drug-likeness (QED) is 0.685. The van der Waals surface area contributed by atoms with Crippen LogP contribution in [0.15, 0.2) is 51.4 Å². The number of halogens is 2. The monoisotopic (exact) mass is 350 g/mol. The fraction of sp³-hybridized carbons (Fsp3) is 0.125. The SMILES string of the molecule is Cc1cccc2cc(C(O)c3ccc(Br)cc3Cl)oc12. The number of hydrogen-bond acceptors (Lipinski definition) is 2. The summed E-state index contributed by atoms with van der Waals surface area (Å²) >= 11 is 9.52. The summed E-state index contributed by atoms with van der Waals surface area (Å²) in [5.74, 6) is 0.499. The van der Waals surface area contributed by atoms with Crippen molar-refractivity contribution in [2.24, 2.45) is 0 Å². The van der Waals surface area contributed by atoms with E-state index in [4.69, 9.17) is 16.0 Å². The van der Waals surface area contributed by atoms with Crippen molar-refractivity contribution in [3.63, 3.8) is 0 Å². The normalized spacial score (nSPS) is 12.8. The summed E-state index contributed by atoms with van der Waals surface area (Å²) in [6.45, 7) is 1.98. The molecule has 0 saturated heterocycles. The van der Waals surface area contributed by atoms with E-state index in [-0.39, 0.29) is 0 Å². The van der Waals surface area contributed by atoms with Crippen LogP contribution in [0.3, 0.4) is 0 Å². The summed E-state index contributed by atoms with van der Waals surface area (Å²) in [4.78, 5) is 0. The molecular weight excluding hydrogens is 340 g/mol. The average Bonchev–Trinajstić information content (AvgIpc) is 2.83. The molecule has 0 bridgehead atoms. The highest BCUT2D eigenvalue weighted by Gasteiger charge is 2.18. The highest BCUT2D eigenvalue weighted by molar-refractivity contribution is 9.10. The van der Waals surface area contributed by atoms with E-state index in [1.807, 2.05) is 37.3 Å². The van der Waals surface area contributed by atoms with Crippen LogP contribution in [-0.4, -0.2) is 5.11 Å². The molecule has 3 rings (SSSR count). The van der Waals surface area contributed by atoms with Gasteiger partial charge in [0.2, 0.25) is 0 Å². The van der Waals surface area contributed by atoms with Gasteiger partial charge < -0.3 is 9.52 Å². The molecule has 0 aliphatic rings. The number of rotatable bonds is 2. The summed E-state index contributed by atoms with van der Waals surface area (Å²) in [6, 6.07) is 13.2. The molecule has 0 saturated carbocycles. The van der Waals surface area contributed by atoms with Gasteiger partial charge in [-0.3, -0.25) is 0 Å². The first-order valence-electron chi connectivity index (χ1n) is 6.18. The van der Waals surface area contributed by atoms with Gasteiger partial charge in [0.15, 0.2) is 0 Å². The molecule has 20 heavy (non-hydrogen) atoms. The minimum Gasteiger partial charge on any atom is -0.458 e. The number of aliphatic hydroxyl groups excluding tert-OH is 1. The second-order valence-corrected chi connectivity index (χ2v) is 6.03. The number of fused-ring (bicyclic) bond motifs is 1. The number of para-hydroxylation sites is 1. The Morgan fingerprint density at radius 1 is 1.20 bits per heavy atom. The van der Waals surface area contributed by atoms with Crippen LogP contribution in [-0.2, 0) is 0 Å². The van der Waals surface area contributed by atoms with Crippen molar-refractivity contribution in [3.8, 4) is 0 Å². The van der Waals surface area contributed by atoms with Gasteiger partial charge in [0.1, 0.15) is 17.4 Å². The van der Waals surface area contributed by atoms with Crippen molar-refractivity contribution >= 4 is 38.5 Å². The van der Waals surface area contributed by atoms with Crippen molar-refractivity contribution in [1.82, 2.24) is 0 Å². The standard InChI is InChI=1S/C16H12BrClO2/c1-9-3-2-4-10-7-14(20-16(9)10)15(19)12-6-5-11(17)8-13(12)18/h2-8,15,19H,1H3. The van der Waals surface area contributed by atoms with Gasteiger partial charge in [-0.2, -0.15) is 0 Å². The second-order valence-electron chi connectivity index (χ2n) is 4.71. The number of furan rings is 1. The molecule has 2 aromatic carbocycles. The third-order valence-electron chi connectivity index (χ3n) is 3.29. The first-order chi connectivity index (χ1) is 9.56. The smallest absolute Gasteiger partial charge is 0.138 e. The van der Waals surface area contributed by atoms with E-state index in [2.05, 4.69) is 15.9 Å². The van der Waals surface area contributed by atoms with Gasteiger partial charge in [-0.15, -0.1) is 0 Å². The van der Waals surface area contributed by atoms with Crippen LogP contribution in [0.5, 0.6) is 0 Å². The molecule has 1 N–H and O–H groups in total. The van der Waals surface area contributed by atoms with E-state index >= 15 is 0 Å². The molecule has 1 unspecified atom stereocenters. The van der Waals surface area contributed by atoms with E-state index in [9.17, 15) is 5.11 Å². The average molecular weight is 352 g/mol. The second kappa shape index (κ2) is 5.24. The largest absolute Gasteiger partial charge is 0.458 e. The maximum Gasteiger partial charge on any atom is 0.138 e. The zero-order valence-corrected chi connectivity index (χ0v) is 13.1. The number of aliphatic hydroxyl groups is 1. The number of benzene rings is 2. The highest BCUT2D eigenvalue weighted by Crippen LogP contribution is 2.33. The van der Waals surface area contributed by atoms with Crippen molar-refractivity contribution in [2.75, 3.05) is 0 Å². The summed E-state index contributed by atoms with van der Waals surface area (Å²) in [6.07, 6.45) is -0.873. The zero-order valence-electron chi connectivity index (χ0n) is 10.7. The minimum absolute atomic E-state index is 0.499. The summed E-state index contributed by atoms with van der Waals surface area (Å²) in [7, 11) is 0. The van der Waals surface area contributed by atoms with Crippen LogP contribution in [0.25, 0.3) is 11.0 Å². The highest BCUT2D eigenvalue weighted by atomic mass is 79.9.